The van der Waals surface area contributed by atoms with Gasteiger partial charge in [-0.25, -0.2) is 0 Å². The number of hydrogen-bond acceptors (Lipinski definition) is 4. The summed E-state index contributed by atoms with van der Waals surface area (Å²) in [6, 6.07) is 11.8. The zero-order valence-electron chi connectivity index (χ0n) is 16.8. The summed E-state index contributed by atoms with van der Waals surface area (Å²) in [7, 11) is 4.97. The summed E-state index contributed by atoms with van der Waals surface area (Å²) in [6.45, 7) is 5.32. The standard InChI is InChI=1S/C21H26BrN3O3.HI/c1-5-10-28-18-9-7-6-8-16(18)14-25-21(23-2)24-13-15-11-17(22)20(27-4)19(12-15)26-3;/h5-9,11-12H,1,10,13-14H2,2-4H3,(H2,23,24,25);1H. The molecule has 0 fully saturated rings. The third-order valence-electron chi connectivity index (χ3n) is 3.95. The van der Waals surface area contributed by atoms with Crippen molar-refractivity contribution in [3.8, 4) is 17.2 Å². The summed E-state index contributed by atoms with van der Waals surface area (Å²) in [5.41, 5.74) is 2.07. The van der Waals surface area contributed by atoms with Gasteiger partial charge in [0.2, 0.25) is 0 Å². The molecular formula is C21H27BrIN3O3. The number of methoxy groups -OCH3 is 2. The number of ether oxygens (including phenoxy) is 3. The van der Waals surface area contributed by atoms with Gasteiger partial charge in [0.1, 0.15) is 12.4 Å². The Morgan fingerprint density at radius 2 is 1.83 bits per heavy atom. The van der Waals surface area contributed by atoms with Gasteiger partial charge in [-0.15, -0.1) is 24.0 Å². The van der Waals surface area contributed by atoms with Gasteiger partial charge in [0.05, 0.1) is 18.7 Å². The molecule has 0 heterocycles. The molecule has 0 bridgehead atoms. The largest absolute Gasteiger partial charge is 0.493 e. The van der Waals surface area contributed by atoms with Gasteiger partial charge in [-0.05, 0) is 39.7 Å². The molecule has 0 aliphatic heterocycles. The molecule has 2 N–H and O–H groups in total. The van der Waals surface area contributed by atoms with Gasteiger partial charge < -0.3 is 24.8 Å². The average Bonchev–Trinajstić information content (AvgIpc) is 2.72. The molecule has 0 saturated heterocycles. The molecule has 0 saturated carbocycles. The maximum absolute atomic E-state index is 5.69. The fraction of sp³-hybridized carbons (Fsp3) is 0.286. The number of aliphatic imine (C=N–C) groups is 1. The van der Waals surface area contributed by atoms with Crippen LogP contribution < -0.4 is 24.8 Å². The average molecular weight is 576 g/mol. The highest BCUT2D eigenvalue weighted by molar-refractivity contribution is 14.0. The summed E-state index contributed by atoms with van der Waals surface area (Å²) in [4.78, 5) is 4.28. The number of rotatable bonds is 9. The van der Waals surface area contributed by atoms with E-state index < -0.39 is 0 Å². The van der Waals surface area contributed by atoms with Crippen LogP contribution in [0.4, 0.5) is 0 Å². The molecule has 0 atom stereocenters. The maximum atomic E-state index is 5.69. The lowest BCUT2D eigenvalue weighted by atomic mass is 10.2. The minimum atomic E-state index is 0. The lowest BCUT2D eigenvalue weighted by Gasteiger charge is -2.16. The lowest BCUT2D eigenvalue weighted by Crippen LogP contribution is -2.36. The predicted molar refractivity (Wildman–Crippen MR) is 132 cm³/mol. The van der Waals surface area contributed by atoms with Crippen molar-refractivity contribution < 1.29 is 14.2 Å². The van der Waals surface area contributed by atoms with Gasteiger partial charge in [0.25, 0.3) is 0 Å². The molecule has 0 radical (unpaired) electrons. The molecule has 0 amide bonds. The van der Waals surface area contributed by atoms with E-state index in [9.17, 15) is 0 Å². The molecular weight excluding hydrogens is 549 g/mol. The lowest BCUT2D eigenvalue weighted by molar-refractivity contribution is 0.352. The van der Waals surface area contributed by atoms with Crippen LogP contribution >= 0.6 is 39.9 Å². The number of nitrogens with one attached hydrogen (secondary N) is 2. The Hall–Kier alpha value is -1.94. The molecule has 158 valence electrons. The minimum Gasteiger partial charge on any atom is -0.493 e. The first-order valence-corrected chi connectivity index (χ1v) is 9.58. The highest BCUT2D eigenvalue weighted by atomic mass is 127. The van der Waals surface area contributed by atoms with Crippen LogP contribution in [0, 0.1) is 0 Å². The molecule has 6 nitrogen and oxygen atoms in total. The second kappa shape index (κ2) is 13.3. The first-order valence-electron chi connectivity index (χ1n) is 8.79. The monoisotopic (exact) mass is 575 g/mol. The van der Waals surface area contributed by atoms with Gasteiger partial charge in [0.15, 0.2) is 17.5 Å². The van der Waals surface area contributed by atoms with Crippen LogP contribution in [0.5, 0.6) is 17.2 Å². The Balaban J connectivity index is 0.00000420. The van der Waals surface area contributed by atoms with Crippen LogP contribution in [0.15, 0.2) is 58.5 Å². The number of halogens is 2. The van der Waals surface area contributed by atoms with Crippen molar-refractivity contribution in [2.75, 3.05) is 27.9 Å². The first kappa shape index (κ1) is 25.1. The second-order valence-corrected chi connectivity index (χ2v) is 6.65. The van der Waals surface area contributed by atoms with Crippen LogP contribution in [-0.4, -0.2) is 33.8 Å². The number of guanidine groups is 1. The molecule has 2 rings (SSSR count). The Labute approximate surface area is 197 Å². The van der Waals surface area contributed by atoms with Crippen LogP contribution in [-0.2, 0) is 13.1 Å². The van der Waals surface area contributed by atoms with Gasteiger partial charge in [-0.3, -0.25) is 4.99 Å². The zero-order valence-corrected chi connectivity index (χ0v) is 20.7. The molecule has 0 unspecified atom stereocenters. The fourth-order valence-electron chi connectivity index (χ4n) is 2.60. The minimum absolute atomic E-state index is 0. The highest BCUT2D eigenvalue weighted by Gasteiger charge is 2.11. The van der Waals surface area contributed by atoms with Gasteiger partial charge >= 0.3 is 0 Å². The van der Waals surface area contributed by atoms with Gasteiger partial charge in [0, 0.05) is 25.7 Å². The third-order valence-corrected chi connectivity index (χ3v) is 4.54. The van der Waals surface area contributed by atoms with Crippen LogP contribution in [0.2, 0.25) is 0 Å². The first-order chi connectivity index (χ1) is 13.6. The SMILES string of the molecule is C=CCOc1ccccc1CNC(=NC)NCc1cc(Br)c(OC)c(OC)c1.I. The van der Waals surface area contributed by atoms with Crippen molar-refractivity contribution in [2.45, 2.75) is 13.1 Å². The van der Waals surface area contributed by atoms with E-state index in [0.717, 1.165) is 21.3 Å². The highest BCUT2D eigenvalue weighted by Crippen LogP contribution is 2.36. The summed E-state index contributed by atoms with van der Waals surface area (Å²) in [6.07, 6.45) is 1.73. The van der Waals surface area contributed by atoms with E-state index in [2.05, 4.69) is 38.1 Å². The van der Waals surface area contributed by atoms with Crippen molar-refractivity contribution in [3.05, 3.63) is 64.7 Å². The normalized spacial score (nSPS) is 10.6. The Bertz CT molecular complexity index is 831. The topological polar surface area (TPSA) is 64.1 Å². The van der Waals surface area contributed by atoms with Crippen molar-refractivity contribution in [1.82, 2.24) is 10.6 Å². The molecule has 0 aliphatic rings. The fourth-order valence-corrected chi connectivity index (χ4v) is 3.25. The Morgan fingerprint density at radius 3 is 2.48 bits per heavy atom. The van der Waals surface area contributed by atoms with E-state index in [4.69, 9.17) is 14.2 Å². The molecule has 0 aliphatic carbocycles. The molecule has 2 aromatic rings. The maximum Gasteiger partial charge on any atom is 0.191 e. The van der Waals surface area contributed by atoms with E-state index >= 15 is 0 Å². The summed E-state index contributed by atoms with van der Waals surface area (Å²) >= 11 is 3.51. The third kappa shape index (κ3) is 7.43. The van der Waals surface area contributed by atoms with Crippen molar-refractivity contribution in [3.63, 3.8) is 0 Å². The number of para-hydroxylation sites is 1. The zero-order chi connectivity index (χ0) is 20.4. The molecule has 0 spiro atoms. The summed E-state index contributed by atoms with van der Waals surface area (Å²) < 4.78 is 17.3. The Morgan fingerprint density at radius 1 is 1.10 bits per heavy atom. The van der Waals surface area contributed by atoms with Gasteiger partial charge in [-0.2, -0.15) is 0 Å². The van der Waals surface area contributed by atoms with E-state index in [-0.39, 0.29) is 24.0 Å². The quantitative estimate of drug-likeness (QED) is 0.199. The van der Waals surface area contributed by atoms with Crippen molar-refractivity contribution in [1.29, 1.82) is 0 Å². The van der Waals surface area contributed by atoms with E-state index in [0.29, 0.717) is 37.2 Å². The van der Waals surface area contributed by atoms with Crippen molar-refractivity contribution >= 4 is 45.9 Å². The van der Waals surface area contributed by atoms with Gasteiger partial charge in [-0.1, -0.05) is 30.9 Å². The molecule has 29 heavy (non-hydrogen) atoms. The van der Waals surface area contributed by atoms with E-state index in [1.54, 1.807) is 27.3 Å². The molecule has 8 heteroatoms. The molecule has 0 aromatic heterocycles. The number of hydrogen-bond donors (Lipinski definition) is 2. The van der Waals surface area contributed by atoms with Crippen LogP contribution in [0.25, 0.3) is 0 Å². The summed E-state index contributed by atoms with van der Waals surface area (Å²) in [5, 5.41) is 6.60. The number of benzene rings is 2. The smallest absolute Gasteiger partial charge is 0.191 e. The van der Waals surface area contributed by atoms with Crippen LogP contribution in [0.1, 0.15) is 11.1 Å². The molecule has 2 aromatic carbocycles. The van der Waals surface area contributed by atoms with E-state index in [1.807, 2.05) is 36.4 Å². The number of nitrogens with zero attached hydrogens (tertiary/aromatic N) is 1. The Kier molecular flexibility index (Phi) is 11.5. The van der Waals surface area contributed by atoms with Crippen LogP contribution in [0.3, 0.4) is 0 Å². The predicted octanol–water partition coefficient (Wildman–Crippen LogP) is 4.51. The van der Waals surface area contributed by atoms with Crippen molar-refractivity contribution in [2.24, 2.45) is 4.99 Å². The van der Waals surface area contributed by atoms with E-state index in [1.165, 1.54) is 0 Å². The second-order valence-electron chi connectivity index (χ2n) is 5.80. The summed E-state index contributed by atoms with van der Waals surface area (Å²) in [5.74, 6) is 2.86.